The third-order valence-electron chi connectivity index (χ3n) is 5.70. The molecule has 0 aliphatic carbocycles. The second kappa shape index (κ2) is 11.6. The van der Waals surface area contributed by atoms with Crippen molar-refractivity contribution in [2.24, 2.45) is 0 Å². The van der Waals surface area contributed by atoms with Crippen LogP contribution in [0.25, 0.3) is 0 Å². The normalized spacial score (nSPS) is 11.1. The number of aromatic nitrogens is 3. The first-order valence-electron chi connectivity index (χ1n) is 12.0. The molecule has 4 rings (SSSR count). The van der Waals surface area contributed by atoms with Crippen molar-refractivity contribution in [3.63, 3.8) is 0 Å². The molecular weight excluding hydrogens is 468 g/mol. The molecule has 8 heteroatoms. The molecule has 0 atom stereocenters. The van der Waals surface area contributed by atoms with Gasteiger partial charge >= 0.3 is 12.0 Å². The zero-order valence-electron chi connectivity index (χ0n) is 21.8. The summed E-state index contributed by atoms with van der Waals surface area (Å²) in [5, 5.41) is 3.23. The Hall–Kier alpha value is -4.33. The van der Waals surface area contributed by atoms with Gasteiger partial charge in [0.2, 0.25) is 5.95 Å². The molecule has 0 amide bonds. The molecule has 1 aromatic heterocycles. The van der Waals surface area contributed by atoms with Crippen molar-refractivity contribution in [3.05, 3.63) is 89.5 Å². The molecule has 0 saturated carbocycles. The summed E-state index contributed by atoms with van der Waals surface area (Å²) in [7, 11) is 3.25. The van der Waals surface area contributed by atoms with Gasteiger partial charge in [-0.25, -0.2) is 0 Å². The van der Waals surface area contributed by atoms with Gasteiger partial charge in [-0.15, -0.1) is 4.98 Å². The number of benzene rings is 3. The van der Waals surface area contributed by atoms with E-state index in [4.69, 9.17) is 18.9 Å². The highest BCUT2D eigenvalue weighted by atomic mass is 16.5. The first-order chi connectivity index (χ1) is 17.9. The molecule has 0 spiro atoms. The van der Waals surface area contributed by atoms with E-state index in [1.807, 2.05) is 60.7 Å². The van der Waals surface area contributed by atoms with Gasteiger partial charge in [0, 0.05) is 16.8 Å². The molecule has 0 fully saturated rings. The van der Waals surface area contributed by atoms with Gasteiger partial charge < -0.3 is 24.3 Å². The number of ether oxygens (including phenoxy) is 4. The average Bonchev–Trinajstić information content (AvgIpc) is 2.90. The van der Waals surface area contributed by atoms with Gasteiger partial charge in [0.15, 0.2) is 0 Å². The van der Waals surface area contributed by atoms with Crippen LogP contribution >= 0.6 is 0 Å². The molecule has 1 N–H and O–H groups in total. The number of anilines is 2. The van der Waals surface area contributed by atoms with Crippen molar-refractivity contribution in [2.75, 3.05) is 19.5 Å². The van der Waals surface area contributed by atoms with E-state index in [9.17, 15) is 0 Å². The smallest absolute Gasteiger partial charge is 0.324 e. The predicted molar refractivity (Wildman–Crippen MR) is 143 cm³/mol. The summed E-state index contributed by atoms with van der Waals surface area (Å²) in [5.74, 6) is 1.76. The number of hydrogen-bond acceptors (Lipinski definition) is 8. The van der Waals surface area contributed by atoms with Crippen LogP contribution in [0.15, 0.2) is 72.8 Å². The molecule has 37 heavy (non-hydrogen) atoms. The van der Waals surface area contributed by atoms with Gasteiger partial charge in [0.25, 0.3) is 0 Å². The Morgan fingerprint density at radius 3 is 1.59 bits per heavy atom. The maximum Gasteiger partial charge on any atom is 0.324 e. The number of para-hydroxylation sites is 2. The van der Waals surface area contributed by atoms with E-state index >= 15 is 0 Å². The first-order valence-corrected chi connectivity index (χ1v) is 12.0. The lowest BCUT2D eigenvalue weighted by atomic mass is 9.87. The van der Waals surface area contributed by atoms with Crippen molar-refractivity contribution < 1.29 is 18.9 Å². The van der Waals surface area contributed by atoms with Gasteiger partial charge in [-0.1, -0.05) is 69.3 Å². The van der Waals surface area contributed by atoms with Gasteiger partial charge in [-0.05, 0) is 35.2 Å². The molecule has 0 bridgehead atoms. The molecule has 0 aliphatic heterocycles. The first kappa shape index (κ1) is 25.8. The predicted octanol–water partition coefficient (Wildman–Crippen LogP) is 6.09. The summed E-state index contributed by atoms with van der Waals surface area (Å²) in [4.78, 5) is 13.3. The fraction of sp³-hybridized carbons (Fsp3) is 0.276. The molecule has 3 aromatic carbocycles. The van der Waals surface area contributed by atoms with Crippen LogP contribution in [-0.4, -0.2) is 29.2 Å². The third kappa shape index (κ3) is 6.88. The van der Waals surface area contributed by atoms with E-state index in [-0.39, 0.29) is 30.6 Å². The summed E-state index contributed by atoms with van der Waals surface area (Å²) in [5.41, 5.74) is 3.87. The summed E-state index contributed by atoms with van der Waals surface area (Å²) < 4.78 is 22.7. The van der Waals surface area contributed by atoms with Gasteiger partial charge in [0.05, 0.1) is 14.2 Å². The van der Waals surface area contributed by atoms with E-state index < -0.39 is 0 Å². The monoisotopic (exact) mass is 500 g/mol. The molecule has 0 saturated heterocycles. The minimum absolute atomic E-state index is 0.0602. The average molecular weight is 501 g/mol. The summed E-state index contributed by atoms with van der Waals surface area (Å²) in [6.45, 7) is 6.98. The van der Waals surface area contributed by atoms with Crippen LogP contribution in [0, 0.1) is 0 Å². The highest BCUT2D eigenvalue weighted by Crippen LogP contribution is 2.26. The maximum atomic E-state index is 5.93. The van der Waals surface area contributed by atoms with Crippen molar-refractivity contribution in [2.45, 2.75) is 39.4 Å². The van der Waals surface area contributed by atoms with E-state index in [0.29, 0.717) is 5.95 Å². The Balaban J connectivity index is 1.57. The molecule has 0 aliphatic rings. The fourth-order valence-corrected chi connectivity index (χ4v) is 3.63. The van der Waals surface area contributed by atoms with E-state index in [2.05, 4.69) is 53.2 Å². The Bertz CT molecular complexity index is 1250. The molecule has 8 nitrogen and oxygen atoms in total. The van der Waals surface area contributed by atoms with E-state index in [1.54, 1.807) is 14.2 Å². The van der Waals surface area contributed by atoms with Crippen LogP contribution < -0.4 is 24.3 Å². The van der Waals surface area contributed by atoms with Crippen LogP contribution in [-0.2, 0) is 18.6 Å². The Morgan fingerprint density at radius 1 is 0.649 bits per heavy atom. The third-order valence-corrected chi connectivity index (χ3v) is 5.70. The zero-order chi connectivity index (χ0) is 26.3. The lowest BCUT2D eigenvalue weighted by Gasteiger charge is -2.19. The zero-order valence-corrected chi connectivity index (χ0v) is 21.8. The molecular formula is C29H32N4O4. The lowest BCUT2D eigenvalue weighted by molar-refractivity contribution is 0.245. The SMILES string of the molecule is COc1ccccc1COc1nc(Nc2ccc(C(C)(C)C)cc2)nc(OCc2ccccc2OC)n1. The summed E-state index contributed by atoms with van der Waals surface area (Å²) in [6.07, 6.45) is 0. The van der Waals surface area contributed by atoms with Gasteiger partial charge in [-0.3, -0.25) is 0 Å². The fourth-order valence-electron chi connectivity index (χ4n) is 3.63. The minimum Gasteiger partial charge on any atom is -0.496 e. The number of methoxy groups -OCH3 is 2. The van der Waals surface area contributed by atoms with Crippen molar-refractivity contribution >= 4 is 11.6 Å². The quantitative estimate of drug-likeness (QED) is 0.280. The van der Waals surface area contributed by atoms with Gasteiger partial charge in [-0.2, -0.15) is 9.97 Å². The number of hydrogen-bond donors (Lipinski definition) is 1. The summed E-state index contributed by atoms with van der Waals surface area (Å²) >= 11 is 0. The van der Waals surface area contributed by atoms with Crippen LogP contribution in [0.1, 0.15) is 37.5 Å². The standard InChI is InChI=1S/C29H32N4O4/c1-29(2,3)22-14-16-23(17-15-22)30-26-31-27(36-18-20-10-6-8-12-24(20)34-4)33-28(32-26)37-19-21-11-7-9-13-25(21)35-5/h6-17H,18-19H2,1-5H3,(H,30,31,32,33). The molecule has 192 valence electrons. The molecule has 1 heterocycles. The van der Waals surface area contributed by atoms with Crippen LogP contribution in [0.4, 0.5) is 11.6 Å². The summed E-state index contributed by atoms with van der Waals surface area (Å²) in [6, 6.07) is 23.7. The number of nitrogens with one attached hydrogen (secondary N) is 1. The highest BCUT2D eigenvalue weighted by molar-refractivity contribution is 5.54. The molecule has 0 radical (unpaired) electrons. The number of rotatable bonds is 10. The van der Waals surface area contributed by atoms with Crippen molar-refractivity contribution in [1.82, 2.24) is 15.0 Å². The van der Waals surface area contributed by atoms with Crippen LogP contribution in [0.2, 0.25) is 0 Å². The topological polar surface area (TPSA) is 87.6 Å². The van der Waals surface area contributed by atoms with E-state index in [1.165, 1.54) is 5.56 Å². The molecule has 0 unspecified atom stereocenters. The molecule has 4 aromatic rings. The van der Waals surface area contributed by atoms with Crippen LogP contribution in [0.5, 0.6) is 23.5 Å². The Kier molecular flexibility index (Phi) is 8.08. The second-order valence-electron chi connectivity index (χ2n) is 9.38. The largest absolute Gasteiger partial charge is 0.496 e. The lowest BCUT2D eigenvalue weighted by Crippen LogP contribution is -2.11. The number of nitrogens with zero attached hydrogens (tertiary/aromatic N) is 3. The second-order valence-corrected chi connectivity index (χ2v) is 9.38. The Labute approximate surface area is 217 Å². The maximum absolute atomic E-state index is 5.93. The van der Waals surface area contributed by atoms with Crippen molar-refractivity contribution in [3.8, 4) is 23.5 Å². The van der Waals surface area contributed by atoms with Gasteiger partial charge in [0.1, 0.15) is 24.7 Å². The van der Waals surface area contributed by atoms with Crippen molar-refractivity contribution in [1.29, 1.82) is 0 Å². The van der Waals surface area contributed by atoms with E-state index in [0.717, 1.165) is 28.3 Å². The minimum atomic E-state index is 0.0602. The highest BCUT2D eigenvalue weighted by Gasteiger charge is 2.15. The Morgan fingerprint density at radius 2 is 1.14 bits per heavy atom. The van der Waals surface area contributed by atoms with Crippen LogP contribution in [0.3, 0.4) is 0 Å².